The van der Waals surface area contributed by atoms with Gasteiger partial charge in [-0.3, -0.25) is 0 Å². The lowest BCUT2D eigenvalue weighted by atomic mass is 9.90. The molecular weight excluding hydrogens is 272 g/mol. The highest BCUT2D eigenvalue weighted by atomic mass is 16.5. The fourth-order valence-electron chi connectivity index (χ4n) is 2.74. The maximum atomic E-state index is 10.6. The quantitative estimate of drug-likeness (QED) is 0.874. The summed E-state index contributed by atoms with van der Waals surface area (Å²) in [5, 5.41) is 10.6. The lowest BCUT2D eigenvalue weighted by Gasteiger charge is -2.25. The van der Waals surface area contributed by atoms with Gasteiger partial charge in [0.1, 0.15) is 5.75 Å². The summed E-state index contributed by atoms with van der Waals surface area (Å²) < 4.78 is 21.3. The maximum absolute atomic E-state index is 10.6. The second kappa shape index (κ2) is 7.52. The van der Waals surface area contributed by atoms with Crippen LogP contribution in [-0.4, -0.2) is 39.6 Å². The fraction of sp³-hybridized carbons (Fsp3) is 0.625. The molecule has 0 aliphatic carbocycles. The summed E-state index contributed by atoms with van der Waals surface area (Å²) in [5.74, 6) is 2.29. The Morgan fingerprint density at radius 1 is 1.05 bits per heavy atom. The molecule has 1 aromatic rings. The third kappa shape index (κ3) is 3.80. The van der Waals surface area contributed by atoms with Gasteiger partial charge in [0, 0.05) is 24.8 Å². The highest BCUT2D eigenvalue weighted by Gasteiger charge is 2.23. The average Bonchev–Trinajstić information content (AvgIpc) is 2.54. The third-order valence-electron chi connectivity index (χ3n) is 3.99. The highest BCUT2D eigenvalue weighted by Crippen LogP contribution is 2.39. The standard InChI is InChI=1S/C16H24O5/c1-18-14-10-16(20-3)15(19-2)9-12(14)13(17)8-11-4-6-21-7-5-11/h9-11,13,17H,4-8H2,1-3H3. The zero-order valence-electron chi connectivity index (χ0n) is 12.9. The minimum atomic E-state index is -0.581. The van der Waals surface area contributed by atoms with Gasteiger partial charge in [-0.2, -0.15) is 0 Å². The minimum Gasteiger partial charge on any atom is -0.496 e. The van der Waals surface area contributed by atoms with Gasteiger partial charge < -0.3 is 24.1 Å². The molecule has 0 bridgehead atoms. The summed E-state index contributed by atoms with van der Waals surface area (Å²) in [6.45, 7) is 1.56. The van der Waals surface area contributed by atoms with Crippen molar-refractivity contribution in [3.05, 3.63) is 17.7 Å². The fourth-order valence-corrected chi connectivity index (χ4v) is 2.74. The van der Waals surface area contributed by atoms with Crippen molar-refractivity contribution >= 4 is 0 Å². The first-order valence-corrected chi connectivity index (χ1v) is 7.25. The first-order chi connectivity index (χ1) is 10.2. The van der Waals surface area contributed by atoms with E-state index < -0.39 is 6.10 Å². The molecule has 1 saturated heterocycles. The monoisotopic (exact) mass is 296 g/mol. The average molecular weight is 296 g/mol. The van der Waals surface area contributed by atoms with Crippen molar-refractivity contribution in [3.8, 4) is 17.2 Å². The van der Waals surface area contributed by atoms with Crippen LogP contribution in [-0.2, 0) is 4.74 Å². The Morgan fingerprint density at radius 2 is 1.62 bits per heavy atom. The van der Waals surface area contributed by atoms with E-state index in [1.165, 1.54) is 0 Å². The molecule has 0 amide bonds. The molecule has 0 saturated carbocycles. The number of aliphatic hydroxyl groups is 1. The van der Waals surface area contributed by atoms with Crippen molar-refractivity contribution in [2.45, 2.75) is 25.4 Å². The summed E-state index contributed by atoms with van der Waals surface area (Å²) >= 11 is 0. The molecule has 1 unspecified atom stereocenters. The van der Waals surface area contributed by atoms with Crippen molar-refractivity contribution in [2.75, 3.05) is 34.5 Å². The number of aliphatic hydroxyl groups excluding tert-OH is 1. The van der Waals surface area contributed by atoms with Crippen LogP contribution in [0.4, 0.5) is 0 Å². The van der Waals surface area contributed by atoms with E-state index in [1.807, 2.05) is 0 Å². The van der Waals surface area contributed by atoms with Gasteiger partial charge in [0.05, 0.1) is 27.4 Å². The van der Waals surface area contributed by atoms with Gasteiger partial charge in [-0.25, -0.2) is 0 Å². The number of ether oxygens (including phenoxy) is 4. The van der Waals surface area contributed by atoms with Crippen LogP contribution in [0, 0.1) is 5.92 Å². The lowest BCUT2D eigenvalue weighted by Crippen LogP contribution is -2.18. The van der Waals surface area contributed by atoms with Crippen LogP contribution in [0.3, 0.4) is 0 Å². The zero-order chi connectivity index (χ0) is 15.2. The van der Waals surface area contributed by atoms with Gasteiger partial charge in [0.15, 0.2) is 11.5 Å². The second-order valence-electron chi connectivity index (χ2n) is 5.26. The van der Waals surface area contributed by atoms with Gasteiger partial charge in [0.2, 0.25) is 0 Å². The number of rotatable bonds is 6. The van der Waals surface area contributed by atoms with E-state index in [2.05, 4.69) is 0 Å². The van der Waals surface area contributed by atoms with Crippen LogP contribution in [0.5, 0.6) is 17.2 Å². The van der Waals surface area contributed by atoms with E-state index in [0.717, 1.165) is 31.6 Å². The van der Waals surface area contributed by atoms with E-state index in [4.69, 9.17) is 18.9 Å². The Bertz CT molecular complexity index is 454. The Hall–Kier alpha value is -1.46. The van der Waals surface area contributed by atoms with Crippen LogP contribution in [0.15, 0.2) is 12.1 Å². The number of hydrogen-bond donors (Lipinski definition) is 1. The molecule has 2 rings (SSSR count). The van der Waals surface area contributed by atoms with Crippen molar-refractivity contribution in [2.24, 2.45) is 5.92 Å². The Balaban J connectivity index is 2.19. The smallest absolute Gasteiger partial charge is 0.164 e. The number of benzene rings is 1. The van der Waals surface area contributed by atoms with Crippen LogP contribution in [0.2, 0.25) is 0 Å². The van der Waals surface area contributed by atoms with E-state index in [0.29, 0.717) is 29.6 Å². The molecular formula is C16H24O5. The van der Waals surface area contributed by atoms with Gasteiger partial charge >= 0.3 is 0 Å². The van der Waals surface area contributed by atoms with Crippen molar-refractivity contribution < 1.29 is 24.1 Å². The van der Waals surface area contributed by atoms with Crippen molar-refractivity contribution in [1.29, 1.82) is 0 Å². The molecule has 1 aromatic carbocycles. The second-order valence-corrected chi connectivity index (χ2v) is 5.26. The Kier molecular flexibility index (Phi) is 5.70. The van der Waals surface area contributed by atoms with E-state index >= 15 is 0 Å². The minimum absolute atomic E-state index is 0.478. The predicted octanol–water partition coefficient (Wildman–Crippen LogP) is 2.56. The summed E-state index contributed by atoms with van der Waals surface area (Å²) in [6.07, 6.45) is 2.11. The molecule has 5 nitrogen and oxygen atoms in total. The first-order valence-electron chi connectivity index (χ1n) is 7.25. The summed E-state index contributed by atoms with van der Waals surface area (Å²) in [5.41, 5.74) is 0.738. The zero-order valence-corrected chi connectivity index (χ0v) is 12.9. The largest absolute Gasteiger partial charge is 0.496 e. The first kappa shape index (κ1) is 15.9. The molecule has 0 spiro atoms. The van der Waals surface area contributed by atoms with E-state index in [1.54, 1.807) is 33.5 Å². The molecule has 0 aromatic heterocycles. The van der Waals surface area contributed by atoms with Gasteiger partial charge in [-0.1, -0.05) is 0 Å². The SMILES string of the molecule is COc1cc(OC)c(C(O)CC2CCOCC2)cc1OC. The van der Waals surface area contributed by atoms with Crippen LogP contribution < -0.4 is 14.2 Å². The summed E-state index contributed by atoms with van der Waals surface area (Å²) in [7, 11) is 4.75. The maximum Gasteiger partial charge on any atom is 0.164 e. The predicted molar refractivity (Wildman–Crippen MR) is 79.2 cm³/mol. The van der Waals surface area contributed by atoms with E-state index in [9.17, 15) is 5.11 Å². The molecule has 1 atom stereocenters. The van der Waals surface area contributed by atoms with E-state index in [-0.39, 0.29) is 0 Å². The van der Waals surface area contributed by atoms with Gasteiger partial charge in [-0.05, 0) is 31.2 Å². The molecule has 1 aliphatic heterocycles. The molecule has 118 valence electrons. The molecule has 5 heteroatoms. The molecule has 0 radical (unpaired) electrons. The third-order valence-corrected chi connectivity index (χ3v) is 3.99. The Morgan fingerprint density at radius 3 is 2.19 bits per heavy atom. The normalized spacial score (nSPS) is 17.3. The molecule has 1 aliphatic rings. The molecule has 21 heavy (non-hydrogen) atoms. The highest BCUT2D eigenvalue weighted by molar-refractivity contribution is 5.51. The molecule has 1 heterocycles. The van der Waals surface area contributed by atoms with Crippen molar-refractivity contribution in [1.82, 2.24) is 0 Å². The number of hydrogen-bond acceptors (Lipinski definition) is 5. The Labute approximate surface area is 125 Å². The summed E-state index contributed by atoms with van der Waals surface area (Å²) in [6, 6.07) is 3.54. The van der Waals surface area contributed by atoms with Crippen LogP contribution >= 0.6 is 0 Å². The number of methoxy groups -OCH3 is 3. The van der Waals surface area contributed by atoms with Crippen LogP contribution in [0.1, 0.15) is 30.9 Å². The van der Waals surface area contributed by atoms with Crippen LogP contribution in [0.25, 0.3) is 0 Å². The topological polar surface area (TPSA) is 57.2 Å². The van der Waals surface area contributed by atoms with Gasteiger partial charge in [0.25, 0.3) is 0 Å². The summed E-state index contributed by atoms with van der Waals surface area (Å²) in [4.78, 5) is 0. The lowest BCUT2D eigenvalue weighted by molar-refractivity contribution is 0.0430. The van der Waals surface area contributed by atoms with Gasteiger partial charge in [-0.15, -0.1) is 0 Å². The van der Waals surface area contributed by atoms with Crippen molar-refractivity contribution in [3.63, 3.8) is 0 Å². The molecule has 1 N–H and O–H groups in total. The molecule has 1 fully saturated rings.